The number of ether oxygens (including phenoxy) is 3. The van der Waals surface area contributed by atoms with E-state index < -0.39 is 0 Å². The lowest BCUT2D eigenvalue weighted by atomic mass is 10.0. The monoisotopic (exact) mass is 490 g/mol. The van der Waals surface area contributed by atoms with Gasteiger partial charge in [0.1, 0.15) is 12.4 Å². The number of hydrogen-bond donors (Lipinski definition) is 1. The van der Waals surface area contributed by atoms with E-state index in [0.29, 0.717) is 49.8 Å². The number of hydrogen-bond acceptors (Lipinski definition) is 7. The van der Waals surface area contributed by atoms with E-state index >= 15 is 0 Å². The fourth-order valence-corrected chi connectivity index (χ4v) is 4.45. The molecular weight excluding hydrogens is 452 g/mol. The maximum atomic E-state index is 13.4. The van der Waals surface area contributed by atoms with Crippen LogP contribution in [0.4, 0.5) is 5.69 Å². The van der Waals surface area contributed by atoms with Crippen LogP contribution in [0.25, 0.3) is 0 Å². The molecule has 0 spiro atoms. The Balaban J connectivity index is 1.89. The average Bonchev–Trinajstić information content (AvgIpc) is 2.83. The third-order valence-corrected chi connectivity index (χ3v) is 6.55. The van der Waals surface area contributed by atoms with Crippen molar-refractivity contribution in [3.05, 3.63) is 23.8 Å². The van der Waals surface area contributed by atoms with Crippen LogP contribution in [0, 0.1) is 5.92 Å². The zero-order valence-electron chi connectivity index (χ0n) is 21.4. The van der Waals surface area contributed by atoms with Crippen molar-refractivity contribution < 1.29 is 28.6 Å². The summed E-state index contributed by atoms with van der Waals surface area (Å²) in [5.74, 6) is -0.0274. The van der Waals surface area contributed by atoms with Crippen LogP contribution in [0.15, 0.2) is 18.2 Å². The number of likely N-dealkylation sites (N-methyl/N-ethyl adjacent to an activating group) is 1. The number of amides is 3. The maximum absolute atomic E-state index is 13.4. The van der Waals surface area contributed by atoms with Gasteiger partial charge in [-0.1, -0.05) is 6.92 Å². The zero-order valence-corrected chi connectivity index (χ0v) is 21.4. The predicted octanol–water partition coefficient (Wildman–Crippen LogP) is 1.31. The summed E-state index contributed by atoms with van der Waals surface area (Å²) in [6.07, 6.45) is -0.267. The molecule has 10 heteroatoms. The molecule has 1 N–H and O–H groups in total. The Hall–Kier alpha value is -2.69. The molecule has 3 atom stereocenters. The van der Waals surface area contributed by atoms with Gasteiger partial charge in [0.2, 0.25) is 11.8 Å². The van der Waals surface area contributed by atoms with E-state index in [4.69, 9.17) is 14.2 Å². The lowest BCUT2D eigenvalue weighted by Crippen LogP contribution is -2.52. The first-order valence-electron chi connectivity index (χ1n) is 12.1. The third-order valence-electron chi connectivity index (χ3n) is 6.55. The Labute approximate surface area is 207 Å². The number of methoxy groups -OCH3 is 1. The van der Waals surface area contributed by atoms with E-state index in [1.54, 1.807) is 37.3 Å². The highest BCUT2D eigenvalue weighted by Crippen LogP contribution is 2.26. The van der Waals surface area contributed by atoms with Gasteiger partial charge in [0, 0.05) is 58.9 Å². The van der Waals surface area contributed by atoms with E-state index in [2.05, 4.69) is 10.2 Å². The van der Waals surface area contributed by atoms with E-state index in [9.17, 15) is 14.4 Å². The summed E-state index contributed by atoms with van der Waals surface area (Å²) in [5, 5.41) is 2.72. The number of morpholine rings is 1. The number of carbonyl (C=O) groups is 3. The molecule has 2 aliphatic rings. The lowest BCUT2D eigenvalue weighted by Gasteiger charge is -2.37. The topological polar surface area (TPSA) is 101 Å². The van der Waals surface area contributed by atoms with E-state index in [1.807, 2.05) is 18.7 Å². The molecule has 3 rings (SSSR count). The average molecular weight is 491 g/mol. The Kier molecular flexibility index (Phi) is 9.47. The molecule has 3 amide bonds. The molecule has 10 nitrogen and oxygen atoms in total. The van der Waals surface area contributed by atoms with E-state index in [0.717, 1.165) is 13.1 Å². The van der Waals surface area contributed by atoms with Gasteiger partial charge in [-0.3, -0.25) is 19.3 Å². The number of nitrogens with one attached hydrogen (secondary N) is 1. The van der Waals surface area contributed by atoms with Crippen LogP contribution >= 0.6 is 0 Å². The molecule has 0 radical (unpaired) electrons. The van der Waals surface area contributed by atoms with Crippen molar-refractivity contribution in [3.8, 4) is 5.75 Å². The molecule has 0 saturated carbocycles. The molecular formula is C25H38N4O6. The van der Waals surface area contributed by atoms with Gasteiger partial charge in [-0.15, -0.1) is 0 Å². The quantitative estimate of drug-likeness (QED) is 0.679. The SMILES string of the molecule is CO[C@@H]1CN(C)C(=O)c2cc(NC(C)=O)ccc2OC[C@H](C)N(C(=O)CN2CCOCC2)C[C@@H]1C. The number of anilines is 1. The van der Waals surface area contributed by atoms with Gasteiger partial charge in [-0.25, -0.2) is 0 Å². The summed E-state index contributed by atoms with van der Waals surface area (Å²) in [5.41, 5.74) is 0.862. The van der Waals surface area contributed by atoms with Gasteiger partial charge in [-0.2, -0.15) is 0 Å². The summed E-state index contributed by atoms with van der Waals surface area (Å²) < 4.78 is 17.3. The normalized spacial score (nSPS) is 24.6. The molecule has 1 saturated heterocycles. The number of carbonyl (C=O) groups excluding carboxylic acids is 3. The summed E-state index contributed by atoms with van der Waals surface area (Å²) in [7, 11) is 3.34. The van der Waals surface area contributed by atoms with Gasteiger partial charge in [0.25, 0.3) is 5.91 Å². The van der Waals surface area contributed by atoms with Crippen molar-refractivity contribution in [1.29, 1.82) is 0 Å². The minimum atomic E-state index is -0.267. The smallest absolute Gasteiger partial charge is 0.257 e. The van der Waals surface area contributed by atoms with Crippen LogP contribution in [0.1, 0.15) is 31.1 Å². The highest BCUT2D eigenvalue weighted by molar-refractivity contribution is 5.99. The Morgan fingerprint density at radius 2 is 1.89 bits per heavy atom. The second-order valence-electron chi connectivity index (χ2n) is 9.42. The number of rotatable bonds is 4. The summed E-state index contributed by atoms with van der Waals surface area (Å²) in [6, 6.07) is 4.78. The molecule has 0 aliphatic carbocycles. The maximum Gasteiger partial charge on any atom is 0.257 e. The summed E-state index contributed by atoms with van der Waals surface area (Å²) in [6.45, 7) is 9.52. The highest BCUT2D eigenvalue weighted by Gasteiger charge is 2.31. The Morgan fingerprint density at radius 3 is 2.54 bits per heavy atom. The number of fused-ring (bicyclic) bond motifs is 1. The summed E-state index contributed by atoms with van der Waals surface area (Å²) >= 11 is 0. The minimum absolute atomic E-state index is 0.0176. The van der Waals surface area contributed by atoms with Crippen LogP contribution in [-0.4, -0.2) is 111 Å². The van der Waals surface area contributed by atoms with Crippen LogP contribution < -0.4 is 10.1 Å². The van der Waals surface area contributed by atoms with Crippen LogP contribution in [0.5, 0.6) is 5.75 Å². The van der Waals surface area contributed by atoms with Gasteiger partial charge in [0.05, 0.1) is 37.5 Å². The van der Waals surface area contributed by atoms with Gasteiger partial charge in [-0.05, 0) is 25.1 Å². The first kappa shape index (κ1) is 26.9. The molecule has 35 heavy (non-hydrogen) atoms. The standard InChI is InChI=1S/C25H38N4O6/c1-17-13-29(24(31)15-28-8-10-34-11-9-28)18(2)16-35-22-7-6-20(26-19(3)30)12-21(22)25(32)27(4)14-23(17)33-5/h6-7,12,17-18,23H,8-11,13-16H2,1-5H3,(H,26,30)/t17-,18-,23+/m0/s1. The first-order chi connectivity index (χ1) is 16.7. The minimum Gasteiger partial charge on any atom is -0.491 e. The molecule has 2 aliphatic heterocycles. The van der Waals surface area contributed by atoms with Gasteiger partial charge < -0.3 is 29.3 Å². The molecule has 0 aromatic heterocycles. The van der Waals surface area contributed by atoms with Crippen LogP contribution in [-0.2, 0) is 19.1 Å². The largest absolute Gasteiger partial charge is 0.491 e. The molecule has 1 aromatic carbocycles. The molecule has 0 unspecified atom stereocenters. The molecule has 2 heterocycles. The number of benzene rings is 1. The fraction of sp³-hybridized carbons (Fsp3) is 0.640. The Bertz CT molecular complexity index is 904. The first-order valence-corrected chi connectivity index (χ1v) is 12.1. The van der Waals surface area contributed by atoms with Gasteiger partial charge in [0.15, 0.2) is 0 Å². The van der Waals surface area contributed by atoms with Gasteiger partial charge >= 0.3 is 0 Å². The van der Waals surface area contributed by atoms with Crippen LogP contribution in [0.2, 0.25) is 0 Å². The van der Waals surface area contributed by atoms with Crippen LogP contribution in [0.3, 0.4) is 0 Å². The van der Waals surface area contributed by atoms with E-state index in [-0.39, 0.29) is 42.4 Å². The van der Waals surface area contributed by atoms with Crippen molar-refractivity contribution >= 4 is 23.4 Å². The van der Waals surface area contributed by atoms with Crippen molar-refractivity contribution in [3.63, 3.8) is 0 Å². The number of nitrogens with zero attached hydrogens (tertiary/aromatic N) is 3. The summed E-state index contributed by atoms with van der Waals surface area (Å²) in [4.78, 5) is 43.8. The van der Waals surface area contributed by atoms with Crippen molar-refractivity contribution in [1.82, 2.24) is 14.7 Å². The second kappa shape index (κ2) is 12.3. The Morgan fingerprint density at radius 1 is 1.17 bits per heavy atom. The lowest BCUT2D eigenvalue weighted by molar-refractivity contribution is -0.137. The molecule has 0 bridgehead atoms. The van der Waals surface area contributed by atoms with E-state index in [1.165, 1.54) is 6.92 Å². The fourth-order valence-electron chi connectivity index (χ4n) is 4.45. The van der Waals surface area contributed by atoms with Crippen molar-refractivity contribution in [2.24, 2.45) is 5.92 Å². The third kappa shape index (κ3) is 7.16. The molecule has 1 aromatic rings. The molecule has 1 fully saturated rings. The van der Waals surface area contributed by atoms with Crippen molar-refractivity contribution in [2.45, 2.75) is 32.9 Å². The van der Waals surface area contributed by atoms with Crippen molar-refractivity contribution in [2.75, 3.05) is 72.0 Å². The predicted molar refractivity (Wildman–Crippen MR) is 132 cm³/mol. The highest BCUT2D eigenvalue weighted by atomic mass is 16.5. The zero-order chi connectivity index (χ0) is 25.5. The second-order valence-corrected chi connectivity index (χ2v) is 9.42. The molecule has 194 valence electrons.